The Morgan fingerprint density at radius 1 is 1.17 bits per heavy atom. The molecule has 0 saturated heterocycles. The fraction of sp³-hybridized carbons (Fsp3) is 0.136. The lowest BCUT2D eigenvalue weighted by molar-refractivity contribution is -0.138. The number of esters is 1. The van der Waals surface area contributed by atoms with Gasteiger partial charge in [-0.05, 0) is 36.8 Å². The number of aryl methyl sites for hydroxylation is 1. The van der Waals surface area contributed by atoms with Crippen molar-refractivity contribution < 1.29 is 9.53 Å². The molecule has 0 spiro atoms. The smallest absolute Gasteiger partial charge is 0.331 e. The third-order valence-electron chi connectivity index (χ3n) is 4.45. The third kappa shape index (κ3) is 4.56. The molecule has 0 aliphatic carbocycles. The maximum Gasteiger partial charge on any atom is 0.331 e. The molecule has 2 aromatic carbocycles. The van der Waals surface area contributed by atoms with Crippen molar-refractivity contribution in [1.82, 2.24) is 14.8 Å². The maximum absolute atomic E-state index is 12.2. The summed E-state index contributed by atoms with van der Waals surface area (Å²) in [4.78, 5) is 16.6. The van der Waals surface area contributed by atoms with Crippen molar-refractivity contribution >= 4 is 56.8 Å². The van der Waals surface area contributed by atoms with Crippen LogP contribution in [0.4, 0.5) is 0 Å². The third-order valence-corrected chi connectivity index (χ3v) is 6.23. The molecule has 0 atom stereocenters. The Labute approximate surface area is 187 Å². The number of benzene rings is 2. The summed E-state index contributed by atoms with van der Waals surface area (Å²) in [7, 11) is 0. The molecule has 0 unspecified atom stereocenters. The van der Waals surface area contributed by atoms with E-state index in [4.69, 9.17) is 27.9 Å². The van der Waals surface area contributed by atoms with E-state index in [1.807, 2.05) is 55.5 Å². The first-order valence-corrected chi connectivity index (χ1v) is 10.7. The highest BCUT2D eigenvalue weighted by Gasteiger charge is 2.13. The molecule has 30 heavy (non-hydrogen) atoms. The molecule has 0 bridgehead atoms. The summed E-state index contributed by atoms with van der Waals surface area (Å²) >= 11 is 14.2. The lowest BCUT2D eigenvalue weighted by Gasteiger charge is -2.05. The van der Waals surface area contributed by atoms with E-state index < -0.39 is 5.97 Å². The Kier molecular flexibility index (Phi) is 6.18. The highest BCUT2D eigenvalue weighted by Crippen LogP contribution is 2.25. The predicted molar refractivity (Wildman–Crippen MR) is 121 cm³/mol. The quantitative estimate of drug-likeness (QED) is 0.266. The highest BCUT2D eigenvalue weighted by molar-refractivity contribution is 7.18. The standard InChI is InChI=1S/C22H17Cl2N3O2S/c1-14-16(22(24)27(26-14)12-15-6-2-3-7-17(15)23)10-11-21(28)29-13-20-25-18-8-4-5-9-19(18)30-20/h2-11H,12-13H2,1H3/b11-10+. The minimum Gasteiger partial charge on any atom is -0.455 e. The Balaban J connectivity index is 1.42. The second-order valence-electron chi connectivity index (χ2n) is 6.56. The number of hydrogen-bond donors (Lipinski definition) is 0. The van der Waals surface area contributed by atoms with Crippen molar-refractivity contribution in [2.45, 2.75) is 20.1 Å². The predicted octanol–water partition coefficient (Wildman–Crippen LogP) is 5.91. The van der Waals surface area contributed by atoms with Crippen LogP contribution in [-0.4, -0.2) is 20.7 Å². The average Bonchev–Trinajstić information content (AvgIpc) is 3.27. The molecule has 0 fully saturated rings. The maximum atomic E-state index is 12.2. The van der Waals surface area contributed by atoms with Gasteiger partial charge in [0.25, 0.3) is 0 Å². The van der Waals surface area contributed by atoms with E-state index in [2.05, 4.69) is 10.1 Å². The van der Waals surface area contributed by atoms with Crippen molar-refractivity contribution in [3.8, 4) is 0 Å². The number of para-hydroxylation sites is 1. The van der Waals surface area contributed by atoms with Gasteiger partial charge in [0.05, 0.1) is 22.5 Å². The summed E-state index contributed by atoms with van der Waals surface area (Å²) in [5.41, 5.74) is 3.19. The number of nitrogens with zero attached hydrogens (tertiary/aromatic N) is 3. The molecule has 4 aromatic rings. The molecule has 0 N–H and O–H groups in total. The van der Waals surface area contributed by atoms with Crippen molar-refractivity contribution in [2.24, 2.45) is 0 Å². The molecule has 0 radical (unpaired) electrons. The second kappa shape index (κ2) is 9.00. The van der Waals surface area contributed by atoms with Crippen LogP contribution >= 0.6 is 34.5 Å². The molecular formula is C22H17Cl2N3O2S. The number of halogens is 2. The fourth-order valence-corrected chi connectivity index (χ4v) is 4.34. The lowest BCUT2D eigenvalue weighted by Crippen LogP contribution is -2.02. The van der Waals surface area contributed by atoms with E-state index in [1.54, 1.807) is 10.8 Å². The summed E-state index contributed by atoms with van der Waals surface area (Å²) < 4.78 is 8.03. The molecule has 2 aromatic heterocycles. The van der Waals surface area contributed by atoms with Crippen molar-refractivity contribution in [3.63, 3.8) is 0 Å². The van der Waals surface area contributed by atoms with Gasteiger partial charge in [-0.2, -0.15) is 5.10 Å². The molecule has 152 valence electrons. The molecule has 0 aliphatic heterocycles. The van der Waals surface area contributed by atoms with Crippen molar-refractivity contribution in [1.29, 1.82) is 0 Å². The van der Waals surface area contributed by atoms with E-state index in [9.17, 15) is 4.79 Å². The molecule has 0 amide bonds. The molecule has 2 heterocycles. The monoisotopic (exact) mass is 457 g/mol. The largest absolute Gasteiger partial charge is 0.455 e. The average molecular weight is 458 g/mol. The van der Waals surface area contributed by atoms with Crippen LogP contribution in [0.1, 0.15) is 21.8 Å². The van der Waals surface area contributed by atoms with Gasteiger partial charge in [-0.25, -0.2) is 14.5 Å². The normalized spacial score (nSPS) is 11.4. The number of thiazole rings is 1. The second-order valence-corrected chi connectivity index (χ2v) is 8.44. The Morgan fingerprint density at radius 3 is 2.73 bits per heavy atom. The van der Waals surface area contributed by atoms with Gasteiger partial charge in [0.15, 0.2) is 0 Å². The van der Waals surface area contributed by atoms with Gasteiger partial charge in [-0.1, -0.05) is 53.5 Å². The Bertz CT molecular complexity index is 1210. The van der Waals surface area contributed by atoms with Crippen LogP contribution in [0.5, 0.6) is 0 Å². The van der Waals surface area contributed by atoms with Gasteiger partial charge < -0.3 is 4.74 Å². The number of hydrogen-bond acceptors (Lipinski definition) is 5. The summed E-state index contributed by atoms with van der Waals surface area (Å²) in [5, 5.41) is 6.29. The van der Waals surface area contributed by atoms with Crippen LogP contribution in [0, 0.1) is 6.92 Å². The SMILES string of the molecule is Cc1nn(Cc2ccccc2Cl)c(Cl)c1/C=C/C(=O)OCc1nc2ccccc2s1. The van der Waals surface area contributed by atoms with Crippen LogP contribution in [0.3, 0.4) is 0 Å². The first kappa shape index (κ1) is 20.6. The lowest BCUT2D eigenvalue weighted by atomic mass is 10.2. The number of fused-ring (bicyclic) bond motifs is 1. The van der Waals surface area contributed by atoms with Crippen LogP contribution in [-0.2, 0) is 22.7 Å². The first-order chi connectivity index (χ1) is 14.5. The summed E-state index contributed by atoms with van der Waals surface area (Å²) in [6, 6.07) is 15.3. The molecule has 0 saturated carbocycles. The number of ether oxygens (including phenoxy) is 1. The van der Waals surface area contributed by atoms with Crippen molar-refractivity contribution in [3.05, 3.63) is 86.6 Å². The van der Waals surface area contributed by atoms with Gasteiger partial charge in [0.1, 0.15) is 16.8 Å². The summed E-state index contributed by atoms with van der Waals surface area (Å²) in [5.74, 6) is -0.469. The van der Waals surface area contributed by atoms with E-state index >= 15 is 0 Å². The van der Waals surface area contributed by atoms with E-state index in [-0.39, 0.29) is 6.61 Å². The van der Waals surface area contributed by atoms with E-state index in [0.29, 0.717) is 28.0 Å². The van der Waals surface area contributed by atoms with Gasteiger partial charge in [-0.3, -0.25) is 0 Å². The zero-order valence-corrected chi connectivity index (χ0v) is 18.3. The number of carbonyl (C=O) groups is 1. The van der Waals surface area contributed by atoms with Gasteiger partial charge in [0, 0.05) is 16.7 Å². The Hall–Kier alpha value is -2.67. The van der Waals surface area contributed by atoms with Crippen LogP contribution in [0.25, 0.3) is 16.3 Å². The molecule has 0 aliphatic rings. The minimum atomic E-state index is -0.469. The zero-order valence-electron chi connectivity index (χ0n) is 16.0. The molecular weight excluding hydrogens is 441 g/mol. The number of carbonyl (C=O) groups excluding carboxylic acids is 1. The zero-order chi connectivity index (χ0) is 21.1. The topological polar surface area (TPSA) is 57.0 Å². The molecule has 5 nitrogen and oxygen atoms in total. The van der Waals surface area contributed by atoms with Crippen LogP contribution < -0.4 is 0 Å². The van der Waals surface area contributed by atoms with Crippen LogP contribution in [0.15, 0.2) is 54.6 Å². The molecule has 4 rings (SSSR count). The summed E-state index contributed by atoms with van der Waals surface area (Å²) in [6.45, 7) is 2.40. The minimum absolute atomic E-state index is 0.126. The number of rotatable bonds is 6. The van der Waals surface area contributed by atoms with Gasteiger partial charge >= 0.3 is 5.97 Å². The summed E-state index contributed by atoms with van der Waals surface area (Å²) in [6.07, 6.45) is 2.97. The Morgan fingerprint density at radius 2 is 1.93 bits per heavy atom. The fourth-order valence-electron chi connectivity index (χ4n) is 2.96. The molecule has 8 heteroatoms. The van der Waals surface area contributed by atoms with E-state index in [1.165, 1.54) is 17.4 Å². The van der Waals surface area contributed by atoms with E-state index in [0.717, 1.165) is 20.8 Å². The van der Waals surface area contributed by atoms with Gasteiger partial charge in [-0.15, -0.1) is 11.3 Å². The highest BCUT2D eigenvalue weighted by atomic mass is 35.5. The van der Waals surface area contributed by atoms with Crippen molar-refractivity contribution in [2.75, 3.05) is 0 Å². The number of aromatic nitrogens is 3. The van der Waals surface area contributed by atoms with Crippen LogP contribution in [0.2, 0.25) is 10.2 Å². The first-order valence-electron chi connectivity index (χ1n) is 9.17. The van der Waals surface area contributed by atoms with Gasteiger partial charge in [0.2, 0.25) is 0 Å².